The van der Waals surface area contributed by atoms with Gasteiger partial charge in [-0.15, -0.1) is 0 Å². The van der Waals surface area contributed by atoms with E-state index >= 15 is 0 Å². The highest BCUT2D eigenvalue weighted by atomic mass is 16.5. The summed E-state index contributed by atoms with van der Waals surface area (Å²) in [5.74, 6) is -0.0370. The van der Waals surface area contributed by atoms with Crippen LogP contribution < -0.4 is 5.32 Å². The van der Waals surface area contributed by atoms with Gasteiger partial charge < -0.3 is 10.1 Å². The van der Waals surface area contributed by atoms with Crippen molar-refractivity contribution in [2.24, 2.45) is 0 Å². The van der Waals surface area contributed by atoms with Crippen molar-refractivity contribution in [3.63, 3.8) is 0 Å². The molecule has 0 aromatic carbocycles. The molecular formula is C7H11NO2. The fraction of sp³-hybridized carbons (Fsp3) is 0.857. The lowest BCUT2D eigenvalue weighted by Crippen LogP contribution is -2.43. The number of rotatable bonds is 0. The van der Waals surface area contributed by atoms with Crippen molar-refractivity contribution >= 4 is 5.97 Å². The molecule has 2 saturated heterocycles. The van der Waals surface area contributed by atoms with Gasteiger partial charge in [0, 0.05) is 6.42 Å². The maximum Gasteiger partial charge on any atom is 0.326 e. The summed E-state index contributed by atoms with van der Waals surface area (Å²) in [6, 6.07) is 0. The molecule has 1 spiro atoms. The van der Waals surface area contributed by atoms with Gasteiger partial charge in [0.15, 0.2) is 0 Å². The summed E-state index contributed by atoms with van der Waals surface area (Å²) in [4.78, 5) is 11.1. The van der Waals surface area contributed by atoms with Gasteiger partial charge in [-0.3, -0.25) is 4.79 Å². The third-order valence-electron chi connectivity index (χ3n) is 2.40. The maximum atomic E-state index is 11.1. The normalized spacial score (nSPS) is 39.0. The molecule has 1 N–H and O–H groups in total. The molecule has 0 aromatic rings. The van der Waals surface area contributed by atoms with Crippen molar-refractivity contribution < 1.29 is 9.53 Å². The molecule has 0 radical (unpaired) electrons. The summed E-state index contributed by atoms with van der Waals surface area (Å²) < 4.78 is 4.89. The number of carbonyl (C=O) groups is 1. The molecule has 56 valence electrons. The van der Waals surface area contributed by atoms with Gasteiger partial charge in [0.05, 0.1) is 6.61 Å². The summed E-state index contributed by atoms with van der Waals surface area (Å²) >= 11 is 0. The quantitative estimate of drug-likeness (QED) is 0.485. The van der Waals surface area contributed by atoms with Crippen LogP contribution in [-0.2, 0) is 9.53 Å². The highest BCUT2D eigenvalue weighted by Crippen LogP contribution is 2.28. The smallest absolute Gasteiger partial charge is 0.326 e. The molecule has 1 atom stereocenters. The standard InChI is InChI=1S/C7H11NO2/c9-6-7(3-5-10-6)2-1-4-8-7/h8H,1-5H2. The number of hydrogen-bond acceptors (Lipinski definition) is 3. The third kappa shape index (κ3) is 0.669. The van der Waals surface area contributed by atoms with Crippen molar-refractivity contribution in [3.05, 3.63) is 0 Å². The Bertz CT molecular complexity index is 155. The van der Waals surface area contributed by atoms with Crippen molar-refractivity contribution in [2.75, 3.05) is 13.2 Å². The number of cyclic esters (lactones) is 1. The second kappa shape index (κ2) is 1.95. The monoisotopic (exact) mass is 141 g/mol. The number of hydrogen-bond donors (Lipinski definition) is 1. The van der Waals surface area contributed by atoms with Gasteiger partial charge in [0.1, 0.15) is 5.54 Å². The zero-order valence-corrected chi connectivity index (χ0v) is 5.85. The Labute approximate surface area is 59.7 Å². The summed E-state index contributed by atoms with van der Waals surface area (Å²) in [6.45, 7) is 1.57. The molecule has 3 heteroatoms. The fourth-order valence-corrected chi connectivity index (χ4v) is 1.75. The number of ether oxygens (including phenoxy) is 1. The van der Waals surface area contributed by atoms with Crippen molar-refractivity contribution in [1.29, 1.82) is 0 Å². The largest absolute Gasteiger partial charge is 0.464 e. The van der Waals surface area contributed by atoms with Gasteiger partial charge >= 0.3 is 5.97 Å². The number of nitrogens with one attached hydrogen (secondary N) is 1. The SMILES string of the molecule is O=C1OCCC12CCCN2. The molecule has 2 heterocycles. The second-order valence-electron chi connectivity index (χ2n) is 3.00. The van der Waals surface area contributed by atoms with E-state index in [4.69, 9.17) is 4.74 Å². The van der Waals surface area contributed by atoms with Crippen LogP contribution in [0.25, 0.3) is 0 Å². The van der Waals surface area contributed by atoms with Crippen LogP contribution in [0, 0.1) is 0 Å². The molecule has 0 aliphatic carbocycles. The lowest BCUT2D eigenvalue weighted by Gasteiger charge is -2.16. The molecule has 3 nitrogen and oxygen atoms in total. The predicted molar refractivity (Wildman–Crippen MR) is 35.5 cm³/mol. The van der Waals surface area contributed by atoms with E-state index < -0.39 is 0 Å². The van der Waals surface area contributed by atoms with E-state index in [1.54, 1.807) is 0 Å². The highest BCUT2D eigenvalue weighted by molar-refractivity contribution is 5.83. The average Bonchev–Trinajstić information content (AvgIpc) is 2.48. The average molecular weight is 141 g/mol. The first-order chi connectivity index (χ1) is 4.83. The topological polar surface area (TPSA) is 38.3 Å². The van der Waals surface area contributed by atoms with Gasteiger partial charge in [-0.2, -0.15) is 0 Å². The molecule has 0 saturated carbocycles. The molecule has 2 aliphatic rings. The number of esters is 1. The Morgan fingerprint density at radius 3 is 2.90 bits per heavy atom. The molecule has 2 aliphatic heterocycles. The Morgan fingerprint density at radius 1 is 1.50 bits per heavy atom. The summed E-state index contributed by atoms with van der Waals surface area (Å²) in [6.07, 6.45) is 2.94. The van der Waals surface area contributed by atoms with E-state index in [9.17, 15) is 4.79 Å². The van der Waals surface area contributed by atoms with E-state index in [1.807, 2.05) is 0 Å². The number of carbonyl (C=O) groups excluding carboxylic acids is 1. The van der Waals surface area contributed by atoms with Crippen molar-refractivity contribution in [2.45, 2.75) is 24.8 Å². The van der Waals surface area contributed by atoms with Gasteiger partial charge in [-0.1, -0.05) is 0 Å². The van der Waals surface area contributed by atoms with Crippen LogP contribution >= 0.6 is 0 Å². The zero-order valence-electron chi connectivity index (χ0n) is 5.85. The maximum absolute atomic E-state index is 11.1. The van der Waals surface area contributed by atoms with Crippen LogP contribution in [0.3, 0.4) is 0 Å². The van der Waals surface area contributed by atoms with Crippen LogP contribution in [0.4, 0.5) is 0 Å². The van der Waals surface area contributed by atoms with Crippen molar-refractivity contribution in [3.8, 4) is 0 Å². The first kappa shape index (κ1) is 6.16. The summed E-state index contributed by atoms with van der Waals surface area (Å²) in [7, 11) is 0. The van der Waals surface area contributed by atoms with E-state index in [0.29, 0.717) is 6.61 Å². The van der Waals surface area contributed by atoms with Gasteiger partial charge in [0.25, 0.3) is 0 Å². The minimum Gasteiger partial charge on any atom is -0.464 e. The van der Waals surface area contributed by atoms with Crippen LogP contribution in [0.2, 0.25) is 0 Å². The molecule has 10 heavy (non-hydrogen) atoms. The Kier molecular flexibility index (Phi) is 1.20. The van der Waals surface area contributed by atoms with Crippen LogP contribution in [0.1, 0.15) is 19.3 Å². The summed E-state index contributed by atoms with van der Waals surface area (Å²) in [5.41, 5.74) is -0.264. The second-order valence-corrected chi connectivity index (χ2v) is 3.00. The molecule has 0 aromatic heterocycles. The highest BCUT2D eigenvalue weighted by Gasteiger charge is 2.46. The van der Waals surface area contributed by atoms with Crippen LogP contribution in [0.5, 0.6) is 0 Å². The Hall–Kier alpha value is -0.570. The first-order valence-corrected chi connectivity index (χ1v) is 3.76. The fourth-order valence-electron chi connectivity index (χ4n) is 1.75. The van der Waals surface area contributed by atoms with Gasteiger partial charge in [-0.25, -0.2) is 0 Å². The molecule has 0 bridgehead atoms. The van der Waals surface area contributed by atoms with Crippen LogP contribution in [-0.4, -0.2) is 24.7 Å². The lowest BCUT2D eigenvalue weighted by molar-refractivity contribution is -0.142. The molecule has 2 fully saturated rings. The molecule has 1 unspecified atom stereocenters. The van der Waals surface area contributed by atoms with E-state index in [2.05, 4.69) is 5.32 Å². The molecular weight excluding hydrogens is 130 g/mol. The first-order valence-electron chi connectivity index (χ1n) is 3.76. The Balaban J connectivity index is 2.19. The molecule has 0 amide bonds. The van der Waals surface area contributed by atoms with Gasteiger partial charge in [0.2, 0.25) is 0 Å². The zero-order chi connectivity index (χ0) is 7.03. The minimum absolute atomic E-state index is 0.0370. The predicted octanol–water partition coefficient (Wildman–Crippen LogP) is 0.0555. The third-order valence-corrected chi connectivity index (χ3v) is 2.40. The van der Waals surface area contributed by atoms with E-state index in [0.717, 1.165) is 25.8 Å². The molecule has 2 rings (SSSR count). The Morgan fingerprint density at radius 2 is 2.40 bits per heavy atom. The van der Waals surface area contributed by atoms with Gasteiger partial charge in [-0.05, 0) is 19.4 Å². The van der Waals surface area contributed by atoms with E-state index in [-0.39, 0.29) is 11.5 Å². The minimum atomic E-state index is -0.264. The summed E-state index contributed by atoms with van der Waals surface area (Å²) in [5, 5.41) is 3.21. The van der Waals surface area contributed by atoms with E-state index in [1.165, 1.54) is 0 Å². The van der Waals surface area contributed by atoms with Crippen molar-refractivity contribution in [1.82, 2.24) is 5.32 Å². The lowest BCUT2D eigenvalue weighted by atomic mass is 9.96. The van der Waals surface area contributed by atoms with Crippen LogP contribution in [0.15, 0.2) is 0 Å².